The molecular formula is C68H45N. The molecule has 0 radical (unpaired) electrons. The van der Waals surface area contributed by atoms with E-state index < -0.39 is 0 Å². The van der Waals surface area contributed by atoms with E-state index in [0.717, 1.165) is 17.1 Å². The molecule has 0 fully saturated rings. The van der Waals surface area contributed by atoms with E-state index in [0.29, 0.717) is 0 Å². The summed E-state index contributed by atoms with van der Waals surface area (Å²) in [7, 11) is 0. The Labute approximate surface area is 402 Å². The Kier molecular flexibility index (Phi) is 9.91. The molecule has 0 saturated carbocycles. The van der Waals surface area contributed by atoms with Gasteiger partial charge in [0.05, 0.1) is 0 Å². The Bertz CT molecular complexity index is 3980. The van der Waals surface area contributed by atoms with Gasteiger partial charge in [0.25, 0.3) is 0 Å². The third-order valence-electron chi connectivity index (χ3n) is 14.1. The summed E-state index contributed by atoms with van der Waals surface area (Å²) in [4.78, 5) is 2.38. The van der Waals surface area contributed by atoms with Crippen molar-refractivity contribution in [2.45, 2.75) is 0 Å². The Morgan fingerprint density at radius 3 is 1.14 bits per heavy atom. The first-order valence-corrected chi connectivity index (χ1v) is 23.8. The zero-order chi connectivity index (χ0) is 45.7. The molecule has 322 valence electrons. The summed E-state index contributed by atoms with van der Waals surface area (Å²) >= 11 is 0. The van der Waals surface area contributed by atoms with E-state index in [1.807, 2.05) is 0 Å². The van der Waals surface area contributed by atoms with Gasteiger partial charge in [0.15, 0.2) is 0 Å². The first kappa shape index (κ1) is 40.3. The molecule has 13 rings (SSSR count). The molecule has 13 aromatic carbocycles. The van der Waals surface area contributed by atoms with Crippen LogP contribution in [0.1, 0.15) is 0 Å². The van der Waals surface area contributed by atoms with Crippen LogP contribution in [-0.4, -0.2) is 0 Å². The molecule has 0 amide bonds. The Morgan fingerprint density at radius 1 is 0.188 bits per heavy atom. The van der Waals surface area contributed by atoms with E-state index in [2.05, 4.69) is 278 Å². The van der Waals surface area contributed by atoms with Crippen LogP contribution in [0, 0.1) is 0 Å². The molecule has 0 heterocycles. The quantitative estimate of drug-likeness (QED) is 0.138. The summed E-state index contributed by atoms with van der Waals surface area (Å²) < 4.78 is 0. The Morgan fingerprint density at radius 2 is 0.565 bits per heavy atom. The second-order valence-electron chi connectivity index (χ2n) is 18.0. The first-order chi connectivity index (χ1) is 34.2. The molecule has 0 atom stereocenters. The van der Waals surface area contributed by atoms with Crippen molar-refractivity contribution in [3.8, 4) is 55.6 Å². The van der Waals surface area contributed by atoms with Crippen LogP contribution in [-0.2, 0) is 0 Å². The Hall–Kier alpha value is -9.04. The van der Waals surface area contributed by atoms with Crippen LogP contribution in [0.15, 0.2) is 273 Å². The van der Waals surface area contributed by atoms with Crippen molar-refractivity contribution >= 4 is 70.9 Å². The molecule has 13 aromatic rings. The monoisotopic (exact) mass is 875 g/mol. The number of hydrogen-bond acceptors (Lipinski definition) is 1. The molecule has 0 aromatic heterocycles. The zero-order valence-electron chi connectivity index (χ0n) is 37.9. The minimum Gasteiger partial charge on any atom is -0.311 e. The summed E-state index contributed by atoms with van der Waals surface area (Å²) in [5, 5.41) is 12.7. The van der Waals surface area contributed by atoms with Crippen LogP contribution < -0.4 is 4.90 Å². The normalized spacial score (nSPS) is 11.5. The predicted molar refractivity (Wildman–Crippen MR) is 296 cm³/mol. The van der Waals surface area contributed by atoms with Gasteiger partial charge in [-0.15, -0.1) is 0 Å². The highest BCUT2D eigenvalue weighted by Gasteiger charge is 2.17. The number of hydrogen-bond donors (Lipinski definition) is 0. The smallest absolute Gasteiger partial charge is 0.0462 e. The van der Waals surface area contributed by atoms with E-state index in [4.69, 9.17) is 0 Å². The minimum atomic E-state index is 1.09. The van der Waals surface area contributed by atoms with Crippen molar-refractivity contribution < 1.29 is 0 Å². The fraction of sp³-hybridized carbons (Fsp3) is 0. The molecule has 0 bridgehead atoms. The van der Waals surface area contributed by atoms with Gasteiger partial charge < -0.3 is 4.90 Å². The molecule has 0 aliphatic carbocycles. The standard InChI is InChI=1S/C68H45N/c1-2-13-51(14-3-1)61-42-34-52-15-6-7-17-60(52)68(61)53-32-40-59(41-33-53)69(57-36-28-48(29-37-57)47-22-24-49(25-23-47)55-27-26-46-12-4-5-16-54(46)44-55)58-38-30-50(31-39-58)56-35-43-66-64-20-9-8-18-62(64)63-19-10-11-21-65(63)67(66)45-56/h1-45H. The van der Waals surface area contributed by atoms with Crippen molar-refractivity contribution in [3.05, 3.63) is 273 Å². The van der Waals surface area contributed by atoms with Crippen molar-refractivity contribution in [2.75, 3.05) is 4.90 Å². The van der Waals surface area contributed by atoms with Gasteiger partial charge in [-0.25, -0.2) is 0 Å². The van der Waals surface area contributed by atoms with E-state index in [9.17, 15) is 0 Å². The van der Waals surface area contributed by atoms with Crippen LogP contribution in [0.25, 0.3) is 109 Å². The van der Waals surface area contributed by atoms with Crippen LogP contribution >= 0.6 is 0 Å². The van der Waals surface area contributed by atoms with E-state index in [1.54, 1.807) is 0 Å². The maximum Gasteiger partial charge on any atom is 0.0462 e. The number of nitrogens with zero attached hydrogens (tertiary/aromatic N) is 1. The zero-order valence-corrected chi connectivity index (χ0v) is 37.9. The van der Waals surface area contributed by atoms with Crippen LogP contribution in [0.3, 0.4) is 0 Å². The highest BCUT2D eigenvalue weighted by Crippen LogP contribution is 2.43. The van der Waals surface area contributed by atoms with Crippen molar-refractivity contribution in [3.63, 3.8) is 0 Å². The van der Waals surface area contributed by atoms with Gasteiger partial charge in [0, 0.05) is 17.1 Å². The van der Waals surface area contributed by atoms with E-state index in [1.165, 1.54) is 109 Å². The lowest BCUT2D eigenvalue weighted by molar-refractivity contribution is 1.28. The first-order valence-electron chi connectivity index (χ1n) is 23.8. The average molecular weight is 876 g/mol. The molecule has 0 aliphatic heterocycles. The maximum absolute atomic E-state index is 2.38. The summed E-state index contributed by atoms with van der Waals surface area (Å²) in [6.45, 7) is 0. The molecule has 0 N–H and O–H groups in total. The van der Waals surface area contributed by atoms with Gasteiger partial charge in [-0.1, -0.05) is 224 Å². The van der Waals surface area contributed by atoms with Gasteiger partial charge in [-0.3, -0.25) is 0 Å². The molecule has 69 heavy (non-hydrogen) atoms. The lowest BCUT2D eigenvalue weighted by Gasteiger charge is -2.26. The SMILES string of the molecule is c1ccc(-c2ccc3ccccc3c2-c2ccc(N(c3ccc(-c4ccc(-c5ccc6ccccc6c5)cc4)cc3)c3ccc(-c4ccc5c6ccccc6c6ccccc6c5c4)cc3)cc2)cc1. The topological polar surface area (TPSA) is 3.24 Å². The second kappa shape index (κ2) is 17.0. The van der Waals surface area contributed by atoms with Crippen LogP contribution in [0.4, 0.5) is 17.1 Å². The molecular weight excluding hydrogens is 831 g/mol. The summed E-state index contributed by atoms with van der Waals surface area (Å²) in [5.41, 5.74) is 15.3. The van der Waals surface area contributed by atoms with Gasteiger partial charge >= 0.3 is 0 Å². The number of benzene rings is 13. The second-order valence-corrected chi connectivity index (χ2v) is 18.0. The number of anilines is 3. The van der Waals surface area contributed by atoms with Gasteiger partial charge in [-0.2, -0.15) is 0 Å². The summed E-state index contributed by atoms with van der Waals surface area (Å²) in [6, 6.07) is 100.0. The van der Waals surface area contributed by atoms with Gasteiger partial charge in [0.2, 0.25) is 0 Å². The lowest BCUT2D eigenvalue weighted by Crippen LogP contribution is -2.09. The Balaban J connectivity index is 0.882. The van der Waals surface area contributed by atoms with E-state index in [-0.39, 0.29) is 0 Å². The fourth-order valence-electron chi connectivity index (χ4n) is 10.6. The summed E-state index contributed by atoms with van der Waals surface area (Å²) in [6.07, 6.45) is 0. The highest BCUT2D eigenvalue weighted by atomic mass is 15.1. The van der Waals surface area contributed by atoms with Crippen molar-refractivity contribution in [1.29, 1.82) is 0 Å². The van der Waals surface area contributed by atoms with Gasteiger partial charge in [0.1, 0.15) is 0 Å². The molecule has 1 heteroatoms. The minimum absolute atomic E-state index is 1.09. The molecule has 0 aliphatic rings. The van der Waals surface area contributed by atoms with E-state index >= 15 is 0 Å². The predicted octanol–water partition coefficient (Wildman–Crippen LogP) is 19.3. The maximum atomic E-state index is 2.38. The van der Waals surface area contributed by atoms with Crippen LogP contribution in [0.5, 0.6) is 0 Å². The average Bonchev–Trinajstić information content (AvgIpc) is 3.43. The lowest BCUT2D eigenvalue weighted by atomic mass is 9.89. The number of fused-ring (bicyclic) bond motifs is 8. The van der Waals surface area contributed by atoms with Crippen molar-refractivity contribution in [1.82, 2.24) is 0 Å². The fourth-order valence-corrected chi connectivity index (χ4v) is 10.6. The molecule has 1 nitrogen and oxygen atoms in total. The number of rotatable bonds is 8. The van der Waals surface area contributed by atoms with Crippen LogP contribution in [0.2, 0.25) is 0 Å². The largest absolute Gasteiger partial charge is 0.311 e. The highest BCUT2D eigenvalue weighted by molar-refractivity contribution is 6.25. The third kappa shape index (κ3) is 7.29. The summed E-state index contributed by atoms with van der Waals surface area (Å²) in [5.74, 6) is 0. The van der Waals surface area contributed by atoms with Gasteiger partial charge in [-0.05, 0) is 158 Å². The third-order valence-corrected chi connectivity index (χ3v) is 14.1. The molecule has 0 saturated heterocycles. The molecule has 0 unspecified atom stereocenters. The molecule has 0 spiro atoms. The van der Waals surface area contributed by atoms with Crippen molar-refractivity contribution in [2.24, 2.45) is 0 Å².